The molecule has 1 N–H and O–H groups in total. The molecule has 0 radical (unpaired) electrons. The van der Waals surface area contributed by atoms with E-state index in [4.69, 9.17) is 14.2 Å². The highest BCUT2D eigenvalue weighted by Gasteiger charge is 2.17. The molecule has 0 aromatic heterocycles. The number of amidine groups is 1. The van der Waals surface area contributed by atoms with Crippen LogP contribution in [0.15, 0.2) is 23.2 Å². The number of nitrogens with zero attached hydrogens (tertiary/aromatic N) is 2. The Bertz CT molecular complexity index is 627. The second-order valence-electron chi connectivity index (χ2n) is 6.04. The number of nitrogens with one attached hydrogen (secondary N) is 1. The van der Waals surface area contributed by atoms with Gasteiger partial charge in [-0.15, -0.1) is 0 Å². The second-order valence-corrected chi connectivity index (χ2v) is 6.04. The Balaban J connectivity index is 1.56. The van der Waals surface area contributed by atoms with E-state index in [2.05, 4.69) is 15.2 Å². The van der Waals surface area contributed by atoms with Gasteiger partial charge in [-0.1, -0.05) is 6.42 Å². The van der Waals surface area contributed by atoms with Crippen LogP contribution in [0.2, 0.25) is 0 Å². The molecular formula is C18H25N3O4. The number of carbonyl (C=O) groups is 1. The van der Waals surface area contributed by atoms with Crippen LogP contribution in [0.4, 0.5) is 0 Å². The van der Waals surface area contributed by atoms with Gasteiger partial charge in [-0.05, 0) is 51.1 Å². The average Bonchev–Trinajstić information content (AvgIpc) is 3.10. The van der Waals surface area contributed by atoms with E-state index >= 15 is 0 Å². The molecular weight excluding hydrogens is 322 g/mol. The Morgan fingerprint density at radius 2 is 2.04 bits per heavy atom. The van der Waals surface area contributed by atoms with Crippen molar-refractivity contribution in [3.05, 3.63) is 23.8 Å². The lowest BCUT2D eigenvalue weighted by Crippen LogP contribution is -2.35. The van der Waals surface area contributed by atoms with Crippen LogP contribution in [0, 0.1) is 0 Å². The van der Waals surface area contributed by atoms with E-state index in [-0.39, 0.29) is 18.7 Å². The third-order valence-electron chi connectivity index (χ3n) is 4.26. The molecule has 1 amide bonds. The molecule has 2 aliphatic rings. The van der Waals surface area contributed by atoms with Gasteiger partial charge in [0.05, 0.1) is 13.2 Å². The largest absolute Gasteiger partial charge is 0.465 e. The summed E-state index contributed by atoms with van der Waals surface area (Å²) in [5.74, 6) is 0.952. The van der Waals surface area contributed by atoms with Gasteiger partial charge in [0, 0.05) is 12.1 Å². The van der Waals surface area contributed by atoms with Crippen molar-refractivity contribution < 1.29 is 19.0 Å². The van der Waals surface area contributed by atoms with Crippen molar-refractivity contribution in [3.8, 4) is 11.5 Å². The van der Waals surface area contributed by atoms with Gasteiger partial charge in [-0.25, -0.2) is 4.99 Å². The van der Waals surface area contributed by atoms with Gasteiger partial charge in [0.25, 0.3) is 11.9 Å². The molecule has 0 atom stereocenters. The normalized spacial score (nSPS) is 17.4. The number of ether oxygens (including phenoxy) is 3. The summed E-state index contributed by atoms with van der Waals surface area (Å²) < 4.78 is 16.0. The Kier molecular flexibility index (Phi) is 6.11. The number of hydrogen-bond acceptors (Lipinski definition) is 6. The minimum Gasteiger partial charge on any atom is -0.465 e. The monoisotopic (exact) mass is 347 g/mol. The molecule has 7 nitrogen and oxygen atoms in total. The van der Waals surface area contributed by atoms with Crippen LogP contribution in [0.5, 0.6) is 11.5 Å². The summed E-state index contributed by atoms with van der Waals surface area (Å²) in [7, 11) is 0. The molecule has 1 fully saturated rings. The molecule has 2 aliphatic heterocycles. The van der Waals surface area contributed by atoms with Crippen LogP contribution >= 0.6 is 0 Å². The molecule has 7 heteroatoms. The summed E-state index contributed by atoms with van der Waals surface area (Å²) in [6.45, 7) is 6.25. The summed E-state index contributed by atoms with van der Waals surface area (Å²) >= 11 is 0. The van der Waals surface area contributed by atoms with Gasteiger partial charge in [-0.2, -0.15) is 0 Å². The fourth-order valence-corrected chi connectivity index (χ4v) is 2.94. The standard InChI is InChI=1S/C18H25N3O4/c1-2-23-18(19-8-11-21-9-4-3-5-10-21)20-17(22)14-6-7-15-16(12-14)25-13-24-15/h6-7,12H,2-5,8-11,13H2,1H3,(H,19,20,22). The average molecular weight is 347 g/mol. The van der Waals surface area contributed by atoms with Crippen LogP contribution in [0.1, 0.15) is 36.5 Å². The van der Waals surface area contributed by atoms with Crippen LogP contribution < -0.4 is 14.8 Å². The predicted octanol–water partition coefficient (Wildman–Crippen LogP) is 2.02. The van der Waals surface area contributed by atoms with Crippen molar-refractivity contribution in [1.82, 2.24) is 10.2 Å². The highest BCUT2D eigenvalue weighted by atomic mass is 16.7. The van der Waals surface area contributed by atoms with Crippen LogP contribution in [-0.4, -0.2) is 56.4 Å². The summed E-state index contributed by atoms with van der Waals surface area (Å²) in [5.41, 5.74) is 0.479. The molecule has 1 saturated heterocycles. The number of rotatable bonds is 5. The van der Waals surface area contributed by atoms with Crippen molar-refractivity contribution in [2.75, 3.05) is 39.6 Å². The lowest BCUT2D eigenvalue weighted by atomic mass is 10.1. The predicted molar refractivity (Wildman–Crippen MR) is 94.3 cm³/mol. The number of amides is 1. The molecule has 136 valence electrons. The number of piperidine rings is 1. The molecule has 3 rings (SSSR count). The Labute approximate surface area is 148 Å². The number of aliphatic imine (C=N–C) groups is 1. The highest BCUT2D eigenvalue weighted by Crippen LogP contribution is 2.32. The molecule has 0 aliphatic carbocycles. The molecule has 25 heavy (non-hydrogen) atoms. The molecule has 1 aromatic rings. The molecule has 0 unspecified atom stereocenters. The van der Waals surface area contributed by atoms with Gasteiger partial charge in [0.1, 0.15) is 0 Å². The van der Waals surface area contributed by atoms with Gasteiger partial charge < -0.3 is 19.1 Å². The first kappa shape index (κ1) is 17.5. The van der Waals surface area contributed by atoms with Gasteiger partial charge in [-0.3, -0.25) is 10.1 Å². The zero-order valence-electron chi connectivity index (χ0n) is 14.6. The maximum absolute atomic E-state index is 12.4. The smallest absolute Gasteiger partial charge is 0.291 e. The Hall–Kier alpha value is -2.28. The van der Waals surface area contributed by atoms with Gasteiger partial charge in [0.2, 0.25) is 6.79 Å². The van der Waals surface area contributed by atoms with E-state index < -0.39 is 0 Å². The summed E-state index contributed by atoms with van der Waals surface area (Å²) in [4.78, 5) is 19.2. The van der Waals surface area contributed by atoms with Gasteiger partial charge in [0.15, 0.2) is 11.5 Å². The van der Waals surface area contributed by atoms with Gasteiger partial charge >= 0.3 is 0 Å². The van der Waals surface area contributed by atoms with E-state index in [1.165, 1.54) is 19.3 Å². The summed E-state index contributed by atoms with van der Waals surface area (Å²) in [5, 5.41) is 2.74. The minimum absolute atomic E-state index is 0.183. The summed E-state index contributed by atoms with van der Waals surface area (Å²) in [6, 6.07) is 5.35. The second kappa shape index (κ2) is 8.71. The number of likely N-dealkylation sites (tertiary alicyclic amines) is 1. The maximum Gasteiger partial charge on any atom is 0.291 e. The zero-order chi connectivity index (χ0) is 17.5. The van der Waals surface area contributed by atoms with Crippen LogP contribution in [0.3, 0.4) is 0 Å². The molecule has 1 aromatic carbocycles. The molecule has 0 bridgehead atoms. The topological polar surface area (TPSA) is 72.4 Å². The fourth-order valence-electron chi connectivity index (χ4n) is 2.94. The van der Waals surface area contributed by atoms with Crippen molar-refractivity contribution in [3.63, 3.8) is 0 Å². The van der Waals surface area contributed by atoms with Crippen molar-refractivity contribution in [1.29, 1.82) is 0 Å². The zero-order valence-corrected chi connectivity index (χ0v) is 14.6. The minimum atomic E-state index is -0.275. The van der Waals surface area contributed by atoms with E-state index in [1.807, 2.05) is 6.92 Å². The highest BCUT2D eigenvalue weighted by molar-refractivity contribution is 6.04. The quantitative estimate of drug-likeness (QED) is 0.652. The van der Waals surface area contributed by atoms with E-state index in [0.29, 0.717) is 30.2 Å². The third-order valence-corrected chi connectivity index (χ3v) is 4.26. The lowest BCUT2D eigenvalue weighted by molar-refractivity contribution is 0.0965. The van der Waals surface area contributed by atoms with E-state index in [0.717, 1.165) is 19.6 Å². The van der Waals surface area contributed by atoms with Crippen molar-refractivity contribution in [2.45, 2.75) is 26.2 Å². The van der Waals surface area contributed by atoms with Crippen molar-refractivity contribution in [2.24, 2.45) is 4.99 Å². The SMILES string of the molecule is CCOC(=NCCN1CCCCC1)NC(=O)c1ccc2c(c1)OCO2. The molecule has 0 saturated carbocycles. The number of carbonyl (C=O) groups excluding carboxylic acids is 1. The fraction of sp³-hybridized carbons (Fsp3) is 0.556. The summed E-state index contributed by atoms with van der Waals surface area (Å²) in [6.07, 6.45) is 3.82. The first-order valence-corrected chi connectivity index (χ1v) is 8.87. The van der Waals surface area contributed by atoms with Crippen LogP contribution in [-0.2, 0) is 4.74 Å². The first-order chi connectivity index (χ1) is 12.3. The number of benzene rings is 1. The number of hydrogen-bond donors (Lipinski definition) is 1. The Morgan fingerprint density at radius 3 is 2.84 bits per heavy atom. The molecule has 2 heterocycles. The third kappa shape index (κ3) is 4.85. The lowest BCUT2D eigenvalue weighted by Gasteiger charge is -2.25. The Morgan fingerprint density at radius 1 is 1.24 bits per heavy atom. The van der Waals surface area contributed by atoms with E-state index in [1.54, 1.807) is 18.2 Å². The number of fused-ring (bicyclic) bond motifs is 1. The maximum atomic E-state index is 12.4. The molecule has 0 spiro atoms. The van der Waals surface area contributed by atoms with Crippen molar-refractivity contribution >= 4 is 11.9 Å². The van der Waals surface area contributed by atoms with E-state index in [9.17, 15) is 4.79 Å². The first-order valence-electron chi connectivity index (χ1n) is 8.87. The van der Waals surface area contributed by atoms with Crippen LogP contribution in [0.25, 0.3) is 0 Å².